The molecule has 0 rings (SSSR count). The molecule has 12 nitrogen and oxygen atoms in total. The minimum absolute atomic E-state index is 0. The van der Waals surface area contributed by atoms with Crippen molar-refractivity contribution >= 4 is 35.6 Å². The quantitative estimate of drug-likeness (QED) is 0.0253. The zero-order valence-electron chi connectivity index (χ0n) is 46.9. The summed E-state index contributed by atoms with van der Waals surface area (Å²) in [6, 6.07) is 0. The van der Waals surface area contributed by atoms with Crippen LogP contribution in [0.2, 0.25) is 0 Å². The summed E-state index contributed by atoms with van der Waals surface area (Å²) in [5.41, 5.74) is 0. The molecule has 13 heteroatoms. The molecule has 0 radical (unpaired) electrons. The van der Waals surface area contributed by atoms with E-state index in [2.05, 4.69) is 73.2 Å². The van der Waals surface area contributed by atoms with Crippen molar-refractivity contribution in [3.05, 3.63) is 36.5 Å². The van der Waals surface area contributed by atoms with Crippen LogP contribution >= 0.6 is 0 Å². The molecule has 3 amide bonds. The van der Waals surface area contributed by atoms with Gasteiger partial charge in [-0.15, -0.1) is 0 Å². The van der Waals surface area contributed by atoms with Gasteiger partial charge in [0.15, 0.2) is 0 Å². The van der Waals surface area contributed by atoms with Crippen molar-refractivity contribution in [2.75, 3.05) is 19.6 Å². The summed E-state index contributed by atoms with van der Waals surface area (Å²) in [6.45, 7) is 5.93. The Kier molecular flexibility index (Phi) is 71.0. The van der Waals surface area contributed by atoms with Gasteiger partial charge in [-0.3, -0.25) is 28.8 Å². The third-order valence-corrected chi connectivity index (χ3v) is 12.3. The third-order valence-electron chi connectivity index (χ3n) is 12.3. The molecule has 0 saturated heterocycles. The number of carboxylic acid groups (broad SMARTS) is 3. The number of amides is 3. The van der Waals surface area contributed by atoms with Gasteiger partial charge in [0.1, 0.15) is 19.6 Å². The molecule has 0 bridgehead atoms. The topological polar surface area (TPSA) is 199 Å². The van der Waals surface area contributed by atoms with Crippen molar-refractivity contribution in [2.45, 2.75) is 290 Å². The van der Waals surface area contributed by atoms with Crippen molar-refractivity contribution in [3.8, 4) is 0 Å². The van der Waals surface area contributed by atoms with Crippen LogP contribution in [0, 0.1) is 39.9 Å². The Morgan fingerprint density at radius 3 is 0.616 bits per heavy atom. The molecule has 0 atom stereocenters. The Labute approximate surface area is 478 Å². The van der Waals surface area contributed by atoms with Crippen LogP contribution in [0.15, 0.2) is 36.5 Å². The molecule has 0 fully saturated rings. The number of rotatable bonds is 51. The van der Waals surface area contributed by atoms with E-state index in [1.54, 1.807) is 0 Å². The van der Waals surface area contributed by atoms with E-state index in [0.29, 0.717) is 19.3 Å². The maximum absolute atomic E-state index is 11.3. The molecule has 73 heavy (non-hydrogen) atoms. The Bertz CT molecular complexity index is 1180. The van der Waals surface area contributed by atoms with E-state index in [1.165, 1.54) is 173 Å². The van der Waals surface area contributed by atoms with E-state index < -0.39 is 17.9 Å². The maximum atomic E-state index is 11.3. The first-order valence-electron chi connectivity index (χ1n) is 29.4. The molecular formula is C60H111GdN3O9. The first-order chi connectivity index (χ1) is 35.0. The average Bonchev–Trinajstić information content (AvgIpc) is 3.36. The largest absolute Gasteiger partial charge is 0.480 e. The van der Waals surface area contributed by atoms with E-state index in [9.17, 15) is 28.8 Å². The molecule has 0 aliphatic carbocycles. The van der Waals surface area contributed by atoms with Crippen molar-refractivity contribution in [2.24, 2.45) is 0 Å². The number of carboxylic acids is 3. The minimum Gasteiger partial charge on any atom is -0.480 e. The number of carbonyl (C=O) groups is 6. The molecule has 0 aliphatic rings. The van der Waals surface area contributed by atoms with Crippen LogP contribution in [0.25, 0.3) is 0 Å². The monoisotopic (exact) mass is 1180 g/mol. The Hall–Kier alpha value is -2.64. The van der Waals surface area contributed by atoms with E-state index in [4.69, 9.17) is 15.3 Å². The third kappa shape index (κ3) is 78.4. The van der Waals surface area contributed by atoms with Crippen LogP contribution < -0.4 is 16.0 Å². The summed E-state index contributed by atoms with van der Waals surface area (Å²) >= 11 is 0. The molecule has 0 aliphatic heterocycles. The molecule has 0 aromatic heterocycles. The smallest absolute Gasteiger partial charge is 0.322 e. The van der Waals surface area contributed by atoms with Gasteiger partial charge in [-0.25, -0.2) is 0 Å². The predicted molar refractivity (Wildman–Crippen MR) is 300 cm³/mol. The van der Waals surface area contributed by atoms with E-state index in [-0.39, 0.29) is 77.3 Å². The second-order valence-electron chi connectivity index (χ2n) is 19.5. The summed E-state index contributed by atoms with van der Waals surface area (Å²) in [5.74, 6) is -3.45. The van der Waals surface area contributed by atoms with Gasteiger partial charge in [-0.05, 0) is 96.3 Å². The number of nitrogens with one attached hydrogen (secondary N) is 3. The molecule has 0 aromatic carbocycles. The molecule has 6 N–H and O–H groups in total. The van der Waals surface area contributed by atoms with Crippen LogP contribution in [0.1, 0.15) is 290 Å². The van der Waals surface area contributed by atoms with E-state index in [0.717, 1.165) is 77.0 Å². The first-order valence-corrected chi connectivity index (χ1v) is 29.4. The summed E-state index contributed by atoms with van der Waals surface area (Å²) in [5, 5.41) is 32.5. The standard InChI is InChI=1S/3C20H37NO3.Gd/c3*1-2-3-4-5-6-7-8-9-10-11-12-13-14-15-16-17-19(22)21-18-20(23)24;/h3*9-10H,2-8,11-18H2,1H3,(H,21,22)(H,23,24);/b3*10-9-;. The van der Waals surface area contributed by atoms with E-state index in [1.807, 2.05) is 0 Å². The van der Waals surface area contributed by atoms with Gasteiger partial charge in [-0.1, -0.05) is 211 Å². The summed E-state index contributed by atoms with van der Waals surface area (Å²) < 4.78 is 0. The second-order valence-corrected chi connectivity index (χ2v) is 19.5. The minimum atomic E-state index is -0.993. The molecule has 0 saturated carbocycles. The SMILES string of the molecule is CCCCCCCC/C=C\CCCCCCCC(=O)NCC(=O)O.CCCCCCCC/C=C\CCCCCCCC(=O)NCC(=O)O.CCCCCCCC/C=C\CCCCCCCC(=O)NCC(=O)O.[Gd]. The van der Waals surface area contributed by atoms with Gasteiger partial charge >= 0.3 is 17.9 Å². The molecule has 0 spiro atoms. The summed E-state index contributed by atoms with van der Waals surface area (Å²) in [7, 11) is 0. The predicted octanol–water partition coefficient (Wildman–Crippen LogP) is 15.7. The first kappa shape index (κ1) is 76.9. The number of hydrogen-bond donors (Lipinski definition) is 6. The molecule has 428 valence electrons. The molecule has 0 heterocycles. The van der Waals surface area contributed by atoms with Crippen molar-refractivity contribution in [1.82, 2.24) is 16.0 Å². The van der Waals surface area contributed by atoms with Crippen LogP contribution in [-0.4, -0.2) is 70.6 Å². The number of carbonyl (C=O) groups excluding carboxylic acids is 3. The fourth-order valence-electron chi connectivity index (χ4n) is 7.86. The number of aliphatic carboxylic acids is 3. The van der Waals surface area contributed by atoms with Gasteiger partial charge in [0.2, 0.25) is 17.7 Å². The normalized spacial score (nSPS) is 10.9. The number of unbranched alkanes of at least 4 members (excludes halogenated alkanes) is 33. The molecular weight excluding hydrogens is 1060 g/mol. The van der Waals surface area contributed by atoms with Gasteiger partial charge in [-0.2, -0.15) is 0 Å². The maximum Gasteiger partial charge on any atom is 0.322 e. The number of hydrogen-bond acceptors (Lipinski definition) is 6. The van der Waals surface area contributed by atoms with Gasteiger partial charge in [0.05, 0.1) is 0 Å². The zero-order valence-corrected chi connectivity index (χ0v) is 49.2. The Morgan fingerprint density at radius 2 is 0.438 bits per heavy atom. The van der Waals surface area contributed by atoms with Crippen molar-refractivity contribution in [3.63, 3.8) is 0 Å². The second kappa shape index (κ2) is 67.4. The Balaban J connectivity index is -0.000000486. The van der Waals surface area contributed by atoms with Crippen LogP contribution in [0.3, 0.4) is 0 Å². The summed E-state index contributed by atoms with van der Waals surface area (Å²) in [4.78, 5) is 64.8. The fraction of sp³-hybridized carbons (Fsp3) is 0.800. The van der Waals surface area contributed by atoms with E-state index >= 15 is 0 Å². The summed E-state index contributed by atoms with van der Waals surface area (Å²) in [6.07, 6.45) is 63.2. The zero-order chi connectivity index (χ0) is 53.6. The molecule has 0 unspecified atom stereocenters. The van der Waals surface area contributed by atoms with Crippen LogP contribution in [0.5, 0.6) is 0 Å². The van der Waals surface area contributed by atoms with Gasteiger partial charge in [0, 0.05) is 59.2 Å². The van der Waals surface area contributed by atoms with Crippen LogP contribution in [0.4, 0.5) is 0 Å². The van der Waals surface area contributed by atoms with Crippen LogP contribution in [-0.2, 0) is 28.8 Å². The van der Waals surface area contributed by atoms with Gasteiger partial charge in [0.25, 0.3) is 0 Å². The number of allylic oxidation sites excluding steroid dienone is 6. The fourth-order valence-corrected chi connectivity index (χ4v) is 7.86. The van der Waals surface area contributed by atoms with Crippen molar-refractivity contribution in [1.29, 1.82) is 0 Å². The van der Waals surface area contributed by atoms with Gasteiger partial charge < -0.3 is 31.3 Å². The Morgan fingerprint density at radius 1 is 0.274 bits per heavy atom. The average molecular weight is 1180 g/mol. The van der Waals surface area contributed by atoms with Crippen molar-refractivity contribution < 1.29 is 84.0 Å². The molecule has 0 aromatic rings.